The molecule has 0 heterocycles. The summed E-state index contributed by atoms with van der Waals surface area (Å²) >= 11 is 0. The van der Waals surface area contributed by atoms with Crippen molar-refractivity contribution in [1.82, 2.24) is 5.43 Å². The van der Waals surface area contributed by atoms with Gasteiger partial charge in [0.2, 0.25) is 0 Å². The van der Waals surface area contributed by atoms with E-state index in [1.165, 1.54) is 25.5 Å². The van der Waals surface area contributed by atoms with Crippen molar-refractivity contribution in [1.29, 1.82) is 0 Å². The van der Waals surface area contributed by atoms with Gasteiger partial charge in [0.15, 0.2) is 6.61 Å². The molecule has 1 N–H and O–H groups in total. The Morgan fingerprint density at radius 2 is 1.62 bits per heavy atom. The van der Waals surface area contributed by atoms with E-state index in [4.69, 9.17) is 9.47 Å². The van der Waals surface area contributed by atoms with Crippen LogP contribution in [0.25, 0.3) is 0 Å². The van der Waals surface area contributed by atoms with Crippen molar-refractivity contribution in [3.05, 3.63) is 84.4 Å². The monoisotopic (exact) mass is 525 g/mol. The number of sulfonamides is 1. The zero-order valence-corrected chi connectivity index (χ0v) is 21.2. The zero-order valence-electron chi connectivity index (χ0n) is 20.4. The lowest BCUT2D eigenvalue weighted by molar-refractivity contribution is -0.142. The maximum absolute atomic E-state index is 13.5. The van der Waals surface area contributed by atoms with Gasteiger partial charge in [-0.2, -0.15) is 5.10 Å². The molecule has 10 nitrogen and oxygen atoms in total. The maximum atomic E-state index is 13.5. The van der Waals surface area contributed by atoms with Crippen molar-refractivity contribution < 1.29 is 32.2 Å². The van der Waals surface area contributed by atoms with E-state index in [9.17, 15) is 18.0 Å². The van der Waals surface area contributed by atoms with Gasteiger partial charge in [0.1, 0.15) is 18.0 Å². The molecule has 0 atom stereocenters. The predicted octanol–water partition coefficient (Wildman–Crippen LogP) is 2.98. The number of benzene rings is 3. The van der Waals surface area contributed by atoms with Gasteiger partial charge in [0, 0.05) is 0 Å². The molecule has 0 saturated carbocycles. The van der Waals surface area contributed by atoms with Gasteiger partial charge in [-0.3, -0.25) is 9.10 Å². The van der Waals surface area contributed by atoms with Crippen molar-refractivity contribution in [2.45, 2.75) is 11.8 Å². The molecule has 0 radical (unpaired) electrons. The van der Waals surface area contributed by atoms with Crippen LogP contribution in [0.1, 0.15) is 12.5 Å². The number of nitrogens with zero attached hydrogens (tertiary/aromatic N) is 2. The van der Waals surface area contributed by atoms with Gasteiger partial charge in [-0.1, -0.05) is 30.3 Å². The molecule has 0 saturated heterocycles. The Morgan fingerprint density at radius 1 is 0.946 bits per heavy atom. The molecule has 0 fully saturated rings. The number of rotatable bonds is 12. The number of para-hydroxylation sites is 2. The number of hydrogen-bond acceptors (Lipinski definition) is 8. The number of anilines is 1. The first-order valence-electron chi connectivity index (χ1n) is 11.3. The van der Waals surface area contributed by atoms with Crippen molar-refractivity contribution in [3.8, 4) is 11.5 Å². The topological polar surface area (TPSA) is 124 Å². The number of hydrogen-bond donors (Lipinski definition) is 1. The summed E-state index contributed by atoms with van der Waals surface area (Å²) in [5.41, 5.74) is 3.23. The van der Waals surface area contributed by atoms with E-state index in [0.717, 1.165) is 4.31 Å². The van der Waals surface area contributed by atoms with Gasteiger partial charge in [0.25, 0.3) is 15.9 Å². The van der Waals surface area contributed by atoms with Gasteiger partial charge < -0.3 is 14.2 Å². The molecule has 0 spiro atoms. The molecular formula is C26H27N3O7S. The minimum Gasteiger partial charge on any atom is -0.492 e. The number of esters is 1. The lowest BCUT2D eigenvalue weighted by Crippen LogP contribution is -2.39. The van der Waals surface area contributed by atoms with E-state index in [1.807, 2.05) is 0 Å². The first kappa shape index (κ1) is 27.2. The molecule has 37 heavy (non-hydrogen) atoms. The lowest BCUT2D eigenvalue weighted by atomic mass is 10.2. The van der Waals surface area contributed by atoms with E-state index >= 15 is 0 Å². The Kier molecular flexibility index (Phi) is 9.61. The highest BCUT2D eigenvalue weighted by Gasteiger charge is 2.29. The second-order valence-electron chi connectivity index (χ2n) is 7.45. The number of nitrogens with one attached hydrogen (secondary N) is 1. The van der Waals surface area contributed by atoms with E-state index in [2.05, 4.69) is 15.3 Å². The molecule has 0 aliphatic heterocycles. The first-order chi connectivity index (χ1) is 17.8. The summed E-state index contributed by atoms with van der Waals surface area (Å²) < 4.78 is 43.4. The average Bonchev–Trinajstić information content (AvgIpc) is 2.92. The molecule has 194 valence electrons. The number of ether oxygens (including phenoxy) is 3. The van der Waals surface area contributed by atoms with Crippen LogP contribution in [0, 0.1) is 0 Å². The Bertz CT molecular complexity index is 1330. The van der Waals surface area contributed by atoms with Crippen LogP contribution < -0.4 is 19.2 Å². The highest BCUT2D eigenvalue weighted by Crippen LogP contribution is 2.32. The van der Waals surface area contributed by atoms with Crippen LogP contribution in [0.4, 0.5) is 5.69 Å². The number of methoxy groups -OCH3 is 1. The second-order valence-corrected chi connectivity index (χ2v) is 9.31. The highest BCUT2D eigenvalue weighted by atomic mass is 32.2. The predicted molar refractivity (Wildman–Crippen MR) is 138 cm³/mol. The normalized spacial score (nSPS) is 11.1. The van der Waals surface area contributed by atoms with E-state index in [1.54, 1.807) is 73.7 Å². The fraction of sp³-hybridized carbons (Fsp3) is 0.192. The molecule has 0 bridgehead atoms. The summed E-state index contributed by atoms with van der Waals surface area (Å²) in [4.78, 5) is 24.0. The van der Waals surface area contributed by atoms with Crippen LogP contribution >= 0.6 is 0 Å². The van der Waals surface area contributed by atoms with Crippen molar-refractivity contribution in [2.75, 3.05) is 31.2 Å². The first-order valence-corrected chi connectivity index (χ1v) is 12.7. The Hall–Kier alpha value is -4.38. The number of hydrazone groups is 1. The molecule has 1 amide bonds. The molecule has 0 aromatic heterocycles. The van der Waals surface area contributed by atoms with Gasteiger partial charge in [-0.05, 0) is 61.0 Å². The van der Waals surface area contributed by atoms with Gasteiger partial charge >= 0.3 is 5.97 Å². The fourth-order valence-electron chi connectivity index (χ4n) is 3.16. The molecular weight excluding hydrogens is 498 g/mol. The molecule has 0 aliphatic rings. The molecule has 0 aliphatic carbocycles. The van der Waals surface area contributed by atoms with Crippen LogP contribution in [0.3, 0.4) is 0 Å². The van der Waals surface area contributed by atoms with E-state index in [-0.39, 0.29) is 17.2 Å². The average molecular weight is 526 g/mol. The summed E-state index contributed by atoms with van der Waals surface area (Å²) in [7, 11) is -2.82. The Morgan fingerprint density at radius 3 is 2.30 bits per heavy atom. The number of carbonyl (C=O) groups excluding carboxylic acids is 2. The van der Waals surface area contributed by atoms with Crippen LogP contribution in [0.15, 0.2) is 88.9 Å². The molecule has 3 rings (SSSR count). The Labute approximate surface area is 215 Å². The third kappa shape index (κ3) is 7.55. The Balaban J connectivity index is 1.75. The largest absolute Gasteiger partial charge is 0.492 e. The third-order valence-corrected chi connectivity index (χ3v) is 6.69. The highest BCUT2D eigenvalue weighted by molar-refractivity contribution is 7.92. The summed E-state index contributed by atoms with van der Waals surface area (Å²) in [5, 5.41) is 3.93. The summed E-state index contributed by atoms with van der Waals surface area (Å²) in [6.45, 7) is 1.36. The molecule has 3 aromatic rings. The van der Waals surface area contributed by atoms with Crippen molar-refractivity contribution in [3.63, 3.8) is 0 Å². The van der Waals surface area contributed by atoms with E-state index in [0.29, 0.717) is 23.7 Å². The number of carbonyl (C=O) groups is 2. The summed E-state index contributed by atoms with van der Waals surface area (Å²) in [6, 6.07) is 21.0. The second kappa shape index (κ2) is 13.1. The van der Waals surface area contributed by atoms with Crippen LogP contribution in [-0.4, -0.2) is 53.4 Å². The van der Waals surface area contributed by atoms with Crippen LogP contribution in [-0.2, 0) is 24.3 Å². The van der Waals surface area contributed by atoms with Gasteiger partial charge in [-0.25, -0.2) is 18.6 Å². The smallest absolute Gasteiger partial charge is 0.343 e. The van der Waals surface area contributed by atoms with Crippen molar-refractivity contribution >= 4 is 33.8 Å². The molecule has 11 heteroatoms. The maximum Gasteiger partial charge on any atom is 0.343 e. The molecule has 3 aromatic carbocycles. The van der Waals surface area contributed by atoms with E-state index < -0.39 is 28.4 Å². The zero-order chi connectivity index (χ0) is 26.7. The fourth-order valence-corrected chi connectivity index (χ4v) is 4.61. The number of amides is 1. The van der Waals surface area contributed by atoms with Crippen LogP contribution in [0.2, 0.25) is 0 Å². The minimum absolute atomic E-state index is 0.0344. The van der Waals surface area contributed by atoms with Crippen LogP contribution in [0.5, 0.6) is 11.5 Å². The SMILES string of the molecule is CCOc1ccccc1N(CC(=O)N/N=C/c1ccc(OCC(=O)OC)cc1)S(=O)(=O)c1ccccc1. The van der Waals surface area contributed by atoms with Gasteiger partial charge in [0.05, 0.1) is 30.5 Å². The standard InChI is InChI=1S/C26H27N3O7S/c1-3-35-24-12-8-7-11-23(24)29(37(32,33)22-9-5-4-6-10-22)18-25(30)28-27-17-20-13-15-21(16-14-20)36-19-26(31)34-2/h4-17H,3,18-19H2,1-2H3,(H,28,30)/b27-17+. The van der Waals surface area contributed by atoms with Gasteiger partial charge in [-0.15, -0.1) is 0 Å². The third-order valence-electron chi connectivity index (χ3n) is 4.92. The summed E-state index contributed by atoms with van der Waals surface area (Å²) in [6.07, 6.45) is 1.40. The quantitative estimate of drug-likeness (QED) is 0.219. The summed E-state index contributed by atoms with van der Waals surface area (Å²) in [5.74, 6) is -0.364. The minimum atomic E-state index is -4.09. The lowest BCUT2D eigenvalue weighted by Gasteiger charge is -2.25. The molecule has 0 unspecified atom stereocenters. The van der Waals surface area contributed by atoms with Crippen molar-refractivity contribution in [2.24, 2.45) is 5.10 Å².